The van der Waals surface area contributed by atoms with Crippen molar-refractivity contribution >= 4 is 0 Å². The first kappa shape index (κ1) is 17.6. The molecule has 0 atom stereocenters. The Bertz CT molecular complexity index is 957. The Morgan fingerprint density at radius 2 is 0.786 bits per heavy atom. The highest BCUT2D eigenvalue weighted by atomic mass is 16.5. The van der Waals surface area contributed by atoms with Crippen LogP contribution in [0.15, 0.2) is 73.3 Å². The van der Waals surface area contributed by atoms with Gasteiger partial charge in [0.05, 0.1) is 14.2 Å². The predicted molar refractivity (Wildman–Crippen MR) is 107 cm³/mol. The highest BCUT2D eigenvalue weighted by Crippen LogP contribution is 2.24. The minimum absolute atomic E-state index is 0.485. The van der Waals surface area contributed by atoms with E-state index in [1.165, 1.54) is 0 Å². The van der Waals surface area contributed by atoms with E-state index in [1.807, 2.05) is 48.5 Å². The van der Waals surface area contributed by atoms with Gasteiger partial charge in [-0.1, -0.05) is 24.3 Å². The van der Waals surface area contributed by atoms with Crippen molar-refractivity contribution in [3.8, 4) is 45.4 Å². The molecule has 4 rings (SSSR count). The van der Waals surface area contributed by atoms with Crippen molar-refractivity contribution in [3.63, 3.8) is 0 Å². The monoisotopic (exact) mass is 370 g/mol. The molecule has 0 spiro atoms. The zero-order valence-corrected chi connectivity index (χ0v) is 15.5. The van der Waals surface area contributed by atoms with Gasteiger partial charge in [-0.25, -0.2) is 19.9 Å². The van der Waals surface area contributed by atoms with Gasteiger partial charge >= 0.3 is 0 Å². The molecule has 0 amide bonds. The summed E-state index contributed by atoms with van der Waals surface area (Å²) in [6, 6.07) is 15.5. The molecule has 6 nitrogen and oxygen atoms in total. The minimum Gasteiger partial charge on any atom is -0.497 e. The van der Waals surface area contributed by atoms with Crippen LogP contribution in [0.4, 0.5) is 0 Å². The van der Waals surface area contributed by atoms with E-state index in [0.717, 1.165) is 33.8 Å². The molecule has 138 valence electrons. The molecule has 0 fully saturated rings. The minimum atomic E-state index is 0.485. The van der Waals surface area contributed by atoms with Crippen molar-refractivity contribution in [3.05, 3.63) is 73.3 Å². The smallest absolute Gasteiger partial charge is 0.197 e. The van der Waals surface area contributed by atoms with Crippen LogP contribution >= 0.6 is 0 Å². The van der Waals surface area contributed by atoms with Gasteiger partial charge in [0.25, 0.3) is 0 Å². The molecule has 0 aliphatic heterocycles. The van der Waals surface area contributed by atoms with Gasteiger partial charge < -0.3 is 9.47 Å². The fraction of sp³-hybridized carbons (Fsp3) is 0.0909. The number of methoxy groups -OCH3 is 2. The summed E-state index contributed by atoms with van der Waals surface area (Å²) in [7, 11) is 3.29. The topological polar surface area (TPSA) is 70.0 Å². The van der Waals surface area contributed by atoms with Crippen LogP contribution in [0.2, 0.25) is 0 Å². The van der Waals surface area contributed by atoms with Crippen LogP contribution in [0.25, 0.3) is 33.9 Å². The zero-order chi connectivity index (χ0) is 19.3. The second-order valence-corrected chi connectivity index (χ2v) is 6.05. The highest BCUT2D eigenvalue weighted by molar-refractivity contribution is 5.65. The molecular weight excluding hydrogens is 352 g/mol. The number of aromatic nitrogens is 4. The van der Waals surface area contributed by atoms with E-state index in [1.54, 1.807) is 39.0 Å². The quantitative estimate of drug-likeness (QED) is 0.522. The second kappa shape index (κ2) is 7.84. The van der Waals surface area contributed by atoms with E-state index >= 15 is 0 Å². The summed E-state index contributed by atoms with van der Waals surface area (Å²) in [6.45, 7) is 0. The maximum atomic E-state index is 5.18. The maximum absolute atomic E-state index is 5.18. The summed E-state index contributed by atoms with van der Waals surface area (Å²) in [5.41, 5.74) is 3.87. The van der Waals surface area contributed by atoms with Crippen LogP contribution in [0.1, 0.15) is 0 Å². The largest absolute Gasteiger partial charge is 0.497 e. The van der Waals surface area contributed by atoms with Gasteiger partial charge in [-0.05, 0) is 35.4 Å². The number of nitrogens with zero attached hydrogens (tertiary/aromatic N) is 4. The van der Waals surface area contributed by atoms with Gasteiger partial charge in [-0.2, -0.15) is 0 Å². The van der Waals surface area contributed by atoms with Gasteiger partial charge in [0.15, 0.2) is 11.6 Å². The number of hydrogen-bond donors (Lipinski definition) is 0. The molecule has 0 unspecified atom stereocenters. The van der Waals surface area contributed by atoms with E-state index in [0.29, 0.717) is 11.6 Å². The van der Waals surface area contributed by atoms with Crippen molar-refractivity contribution in [2.24, 2.45) is 0 Å². The molecule has 6 heteroatoms. The summed E-state index contributed by atoms with van der Waals surface area (Å²) < 4.78 is 10.4. The van der Waals surface area contributed by atoms with E-state index < -0.39 is 0 Å². The fourth-order valence-corrected chi connectivity index (χ4v) is 2.75. The molecule has 4 aromatic rings. The van der Waals surface area contributed by atoms with Crippen molar-refractivity contribution in [1.29, 1.82) is 0 Å². The number of benzene rings is 2. The van der Waals surface area contributed by atoms with E-state index in [9.17, 15) is 0 Å². The lowest BCUT2D eigenvalue weighted by Gasteiger charge is -2.05. The molecule has 0 saturated carbocycles. The summed E-state index contributed by atoms with van der Waals surface area (Å²) in [6.07, 6.45) is 7.07. The summed E-state index contributed by atoms with van der Waals surface area (Å²) in [5.74, 6) is 2.59. The van der Waals surface area contributed by atoms with Gasteiger partial charge in [0.2, 0.25) is 0 Å². The molecule has 0 radical (unpaired) electrons. The first-order valence-electron chi connectivity index (χ1n) is 8.70. The van der Waals surface area contributed by atoms with Crippen LogP contribution in [0.3, 0.4) is 0 Å². The molecule has 0 aliphatic carbocycles. The SMILES string of the molecule is COc1ccc(-c2cnc(-c3ncc(-c4ccc(OC)cc4)cn3)nc2)cc1. The van der Waals surface area contributed by atoms with Crippen molar-refractivity contribution in [1.82, 2.24) is 19.9 Å². The molecule has 2 heterocycles. The Balaban J connectivity index is 1.53. The average molecular weight is 370 g/mol. The van der Waals surface area contributed by atoms with Crippen molar-refractivity contribution in [2.45, 2.75) is 0 Å². The molecule has 2 aromatic heterocycles. The van der Waals surface area contributed by atoms with Crippen LogP contribution in [0.5, 0.6) is 11.5 Å². The number of hydrogen-bond acceptors (Lipinski definition) is 6. The van der Waals surface area contributed by atoms with Gasteiger partial charge in [0, 0.05) is 35.9 Å². The fourth-order valence-electron chi connectivity index (χ4n) is 2.75. The Morgan fingerprint density at radius 1 is 0.464 bits per heavy atom. The van der Waals surface area contributed by atoms with Crippen LogP contribution in [-0.4, -0.2) is 34.2 Å². The zero-order valence-electron chi connectivity index (χ0n) is 15.5. The van der Waals surface area contributed by atoms with Crippen molar-refractivity contribution in [2.75, 3.05) is 14.2 Å². The maximum Gasteiger partial charge on any atom is 0.197 e. The first-order chi connectivity index (χ1) is 13.8. The van der Waals surface area contributed by atoms with Gasteiger partial charge in [-0.15, -0.1) is 0 Å². The van der Waals surface area contributed by atoms with Crippen LogP contribution in [0, 0.1) is 0 Å². The summed E-state index contributed by atoms with van der Waals surface area (Å²) >= 11 is 0. The lowest BCUT2D eigenvalue weighted by Crippen LogP contribution is -1.95. The standard InChI is InChI=1S/C22H18N4O2/c1-27-19-7-3-15(4-8-19)17-11-23-21(24-12-17)22-25-13-18(14-26-22)16-5-9-20(28-2)10-6-16/h3-14H,1-2H3. The molecule has 0 bridgehead atoms. The second-order valence-electron chi connectivity index (χ2n) is 6.05. The Kier molecular flexibility index (Phi) is 4.93. The molecule has 28 heavy (non-hydrogen) atoms. The highest BCUT2D eigenvalue weighted by Gasteiger charge is 2.07. The first-order valence-corrected chi connectivity index (χ1v) is 8.70. The van der Waals surface area contributed by atoms with Crippen molar-refractivity contribution < 1.29 is 9.47 Å². The third-order valence-corrected chi connectivity index (χ3v) is 4.35. The normalized spacial score (nSPS) is 10.5. The summed E-state index contributed by atoms with van der Waals surface area (Å²) in [4.78, 5) is 17.6. The van der Waals surface area contributed by atoms with Crippen LogP contribution in [-0.2, 0) is 0 Å². The Morgan fingerprint density at radius 3 is 1.07 bits per heavy atom. The molecule has 0 aliphatic rings. The molecule has 2 aromatic carbocycles. The van der Waals surface area contributed by atoms with E-state index in [2.05, 4.69) is 19.9 Å². The van der Waals surface area contributed by atoms with E-state index in [-0.39, 0.29) is 0 Å². The molecule has 0 saturated heterocycles. The predicted octanol–water partition coefficient (Wildman–Crippen LogP) is 4.28. The Hall–Kier alpha value is -3.80. The van der Waals surface area contributed by atoms with Gasteiger partial charge in [0.1, 0.15) is 11.5 Å². The Labute approximate surface area is 162 Å². The number of ether oxygens (including phenoxy) is 2. The lowest BCUT2D eigenvalue weighted by molar-refractivity contribution is 0.415. The third-order valence-electron chi connectivity index (χ3n) is 4.35. The van der Waals surface area contributed by atoms with E-state index in [4.69, 9.17) is 9.47 Å². The average Bonchev–Trinajstić information content (AvgIpc) is 2.79. The summed E-state index contributed by atoms with van der Waals surface area (Å²) in [5, 5.41) is 0. The van der Waals surface area contributed by atoms with Gasteiger partial charge in [-0.3, -0.25) is 0 Å². The van der Waals surface area contributed by atoms with Crippen LogP contribution < -0.4 is 9.47 Å². The lowest BCUT2D eigenvalue weighted by atomic mass is 10.1. The third kappa shape index (κ3) is 3.66. The molecular formula is C22H18N4O2. The molecule has 0 N–H and O–H groups in total. The number of rotatable bonds is 5.